The molecule has 1 saturated heterocycles. The van der Waals surface area contributed by atoms with Crippen LogP contribution in [0.5, 0.6) is 0 Å². The molecule has 4 rings (SSSR count). The van der Waals surface area contributed by atoms with Crippen LogP contribution in [0, 0.1) is 6.92 Å². The van der Waals surface area contributed by atoms with Crippen molar-refractivity contribution in [1.82, 2.24) is 14.6 Å². The summed E-state index contributed by atoms with van der Waals surface area (Å²) in [5.41, 5.74) is 5.31. The zero-order valence-corrected chi connectivity index (χ0v) is 19.7. The Morgan fingerprint density at radius 1 is 0.939 bits per heavy atom. The summed E-state index contributed by atoms with van der Waals surface area (Å²) < 4.78 is 27.1. The van der Waals surface area contributed by atoms with Gasteiger partial charge in [0.05, 0.1) is 17.2 Å². The molecule has 3 aromatic carbocycles. The van der Waals surface area contributed by atoms with Crippen LogP contribution in [0.15, 0.2) is 76.7 Å². The van der Waals surface area contributed by atoms with E-state index in [1.54, 1.807) is 24.3 Å². The fourth-order valence-corrected chi connectivity index (χ4v) is 5.27. The zero-order chi connectivity index (χ0) is 23.4. The Morgan fingerprint density at radius 2 is 1.61 bits per heavy atom. The van der Waals surface area contributed by atoms with Crippen LogP contribution < -0.4 is 5.43 Å². The fraction of sp³-hybridized carbons (Fsp3) is 0.280. The highest BCUT2D eigenvalue weighted by Crippen LogP contribution is 2.18. The smallest absolute Gasteiger partial charge is 0.254 e. The van der Waals surface area contributed by atoms with E-state index in [0.29, 0.717) is 31.1 Å². The maximum absolute atomic E-state index is 12.8. The largest absolute Gasteiger partial charge is 0.292 e. The quantitative estimate of drug-likeness (QED) is 0.449. The van der Waals surface area contributed by atoms with E-state index in [-0.39, 0.29) is 12.5 Å². The number of hydrogen-bond acceptors (Lipinski definition) is 5. The van der Waals surface area contributed by atoms with Crippen molar-refractivity contribution in [3.63, 3.8) is 0 Å². The molecule has 0 radical (unpaired) electrons. The summed E-state index contributed by atoms with van der Waals surface area (Å²) in [5.74, 6) is -0.218. The van der Waals surface area contributed by atoms with E-state index < -0.39 is 10.0 Å². The van der Waals surface area contributed by atoms with Gasteiger partial charge in [0.25, 0.3) is 5.91 Å². The number of aryl methyl sites for hydroxylation is 1. The third-order valence-electron chi connectivity index (χ3n) is 5.87. The van der Waals surface area contributed by atoms with Crippen LogP contribution in [-0.4, -0.2) is 62.0 Å². The van der Waals surface area contributed by atoms with Crippen molar-refractivity contribution < 1.29 is 13.2 Å². The van der Waals surface area contributed by atoms with E-state index in [1.807, 2.05) is 55.1 Å². The molecular formula is C25H28N4O3S. The average molecular weight is 465 g/mol. The van der Waals surface area contributed by atoms with Gasteiger partial charge in [-0.25, -0.2) is 13.8 Å². The Balaban J connectivity index is 1.30. The number of nitrogens with one attached hydrogen (secondary N) is 1. The molecule has 1 amide bonds. The molecule has 1 fully saturated rings. The topological polar surface area (TPSA) is 82.1 Å². The zero-order valence-electron chi connectivity index (χ0n) is 18.9. The first-order valence-electron chi connectivity index (χ1n) is 10.9. The van der Waals surface area contributed by atoms with E-state index in [4.69, 9.17) is 0 Å². The van der Waals surface area contributed by atoms with E-state index >= 15 is 0 Å². The van der Waals surface area contributed by atoms with Gasteiger partial charge in [-0.2, -0.15) is 9.41 Å². The molecule has 0 aromatic heterocycles. The summed E-state index contributed by atoms with van der Waals surface area (Å²) in [6.45, 7) is 5.64. The van der Waals surface area contributed by atoms with Crippen LogP contribution in [0.25, 0.3) is 10.8 Å². The first-order chi connectivity index (χ1) is 15.8. The molecule has 0 spiro atoms. The van der Waals surface area contributed by atoms with Crippen LogP contribution >= 0.6 is 0 Å². The van der Waals surface area contributed by atoms with Crippen LogP contribution in [0.3, 0.4) is 0 Å². The van der Waals surface area contributed by atoms with Crippen molar-refractivity contribution >= 4 is 32.4 Å². The minimum absolute atomic E-state index is 0.174. The lowest BCUT2D eigenvalue weighted by atomic mass is 10.0. The number of piperazine rings is 1. The van der Waals surface area contributed by atoms with Crippen LogP contribution in [0.4, 0.5) is 0 Å². The summed E-state index contributed by atoms with van der Waals surface area (Å²) in [6, 6.07) is 21.0. The second-order valence-corrected chi connectivity index (χ2v) is 10.2. The molecule has 1 heterocycles. The predicted molar refractivity (Wildman–Crippen MR) is 131 cm³/mol. The minimum atomic E-state index is -3.51. The van der Waals surface area contributed by atoms with E-state index in [1.165, 1.54) is 4.31 Å². The third kappa shape index (κ3) is 5.47. The van der Waals surface area contributed by atoms with Crippen LogP contribution in [0.1, 0.15) is 18.1 Å². The van der Waals surface area contributed by atoms with Crippen molar-refractivity contribution in [3.8, 4) is 0 Å². The predicted octanol–water partition coefficient (Wildman–Crippen LogP) is 2.99. The number of carbonyl (C=O) groups is 1. The molecule has 3 aromatic rings. The van der Waals surface area contributed by atoms with Crippen molar-refractivity contribution in [1.29, 1.82) is 0 Å². The summed E-state index contributed by atoms with van der Waals surface area (Å²) in [4.78, 5) is 14.6. The first-order valence-corrected chi connectivity index (χ1v) is 12.4. The molecule has 1 aliphatic heterocycles. The van der Waals surface area contributed by atoms with Gasteiger partial charge < -0.3 is 0 Å². The molecule has 172 valence electrons. The summed E-state index contributed by atoms with van der Waals surface area (Å²) in [6.07, 6.45) is 0. The van der Waals surface area contributed by atoms with Crippen molar-refractivity contribution in [2.75, 3.05) is 32.7 Å². The Kier molecular flexibility index (Phi) is 6.88. The van der Waals surface area contributed by atoms with Gasteiger partial charge in [0.2, 0.25) is 10.0 Å². The number of sulfonamides is 1. The highest BCUT2D eigenvalue weighted by Gasteiger charge is 2.28. The molecule has 8 heteroatoms. The summed E-state index contributed by atoms with van der Waals surface area (Å²) in [5, 5.41) is 6.53. The number of hydrazone groups is 1. The van der Waals surface area contributed by atoms with Crippen LogP contribution in [0.2, 0.25) is 0 Å². The Hall–Kier alpha value is -3.07. The van der Waals surface area contributed by atoms with E-state index in [9.17, 15) is 13.2 Å². The van der Waals surface area contributed by atoms with Gasteiger partial charge in [0.15, 0.2) is 0 Å². The number of hydrogen-bond donors (Lipinski definition) is 1. The lowest BCUT2D eigenvalue weighted by Gasteiger charge is -2.33. The number of nitrogens with zero attached hydrogens (tertiary/aromatic N) is 3. The first kappa shape index (κ1) is 23.1. The molecule has 0 aliphatic carbocycles. The minimum Gasteiger partial charge on any atom is -0.292 e. The second kappa shape index (κ2) is 9.82. The standard InChI is InChI=1S/C25H28N4O3S/c1-19-7-11-24(12-8-19)33(31,32)29-15-13-28(14-16-29)18-25(30)27-26-20(2)22-10-9-21-5-3-4-6-23(21)17-22/h3-12,17H,13-16,18H2,1-2H3,(H,27,30)/b26-20+. The van der Waals surface area contributed by atoms with Gasteiger partial charge >= 0.3 is 0 Å². The summed E-state index contributed by atoms with van der Waals surface area (Å²) >= 11 is 0. The maximum atomic E-state index is 12.8. The van der Waals surface area contributed by atoms with Gasteiger partial charge in [-0.05, 0) is 48.4 Å². The Morgan fingerprint density at radius 3 is 2.30 bits per heavy atom. The number of amides is 1. The van der Waals surface area contributed by atoms with Gasteiger partial charge in [0, 0.05) is 26.2 Å². The molecule has 0 bridgehead atoms. The molecular weight excluding hydrogens is 436 g/mol. The van der Waals surface area contributed by atoms with Gasteiger partial charge in [0.1, 0.15) is 0 Å². The normalized spacial score (nSPS) is 16.1. The van der Waals surface area contributed by atoms with Crippen molar-refractivity contribution in [2.45, 2.75) is 18.7 Å². The third-order valence-corrected chi connectivity index (χ3v) is 7.79. The molecule has 33 heavy (non-hydrogen) atoms. The monoisotopic (exact) mass is 464 g/mol. The number of carbonyl (C=O) groups excluding carboxylic acids is 1. The molecule has 1 N–H and O–H groups in total. The maximum Gasteiger partial charge on any atom is 0.254 e. The molecule has 7 nitrogen and oxygen atoms in total. The lowest BCUT2D eigenvalue weighted by molar-refractivity contribution is -0.122. The lowest BCUT2D eigenvalue weighted by Crippen LogP contribution is -2.50. The average Bonchev–Trinajstić information content (AvgIpc) is 2.83. The SMILES string of the molecule is C/C(=N\NC(=O)CN1CCN(S(=O)(=O)c2ccc(C)cc2)CC1)c1ccc2ccccc2c1. The fourth-order valence-electron chi connectivity index (χ4n) is 3.85. The molecule has 0 saturated carbocycles. The number of rotatable bonds is 6. The van der Waals surface area contributed by atoms with Crippen LogP contribution in [-0.2, 0) is 14.8 Å². The Labute approximate surface area is 194 Å². The highest BCUT2D eigenvalue weighted by atomic mass is 32.2. The van der Waals surface area contributed by atoms with Crippen molar-refractivity contribution in [3.05, 3.63) is 77.9 Å². The van der Waals surface area contributed by atoms with Gasteiger partial charge in [-0.3, -0.25) is 9.69 Å². The van der Waals surface area contributed by atoms with Gasteiger partial charge in [-0.15, -0.1) is 0 Å². The van der Waals surface area contributed by atoms with E-state index in [0.717, 1.165) is 27.6 Å². The second-order valence-electron chi connectivity index (χ2n) is 8.29. The molecule has 0 atom stereocenters. The Bertz CT molecular complexity index is 1280. The summed E-state index contributed by atoms with van der Waals surface area (Å²) in [7, 11) is -3.51. The van der Waals surface area contributed by atoms with E-state index in [2.05, 4.69) is 16.6 Å². The van der Waals surface area contributed by atoms with Gasteiger partial charge in [-0.1, -0.05) is 54.1 Å². The number of benzene rings is 3. The highest BCUT2D eigenvalue weighted by molar-refractivity contribution is 7.89. The van der Waals surface area contributed by atoms with Crippen molar-refractivity contribution in [2.24, 2.45) is 5.10 Å². The number of fused-ring (bicyclic) bond motifs is 1. The molecule has 0 unspecified atom stereocenters. The molecule has 1 aliphatic rings.